The Morgan fingerprint density at radius 1 is 1.36 bits per heavy atom. The highest BCUT2D eigenvalue weighted by molar-refractivity contribution is 6.30. The van der Waals surface area contributed by atoms with Gasteiger partial charge in [-0.25, -0.2) is 0 Å². The molecule has 1 aromatic carbocycles. The van der Waals surface area contributed by atoms with Crippen molar-refractivity contribution in [2.24, 2.45) is 11.7 Å². The van der Waals surface area contributed by atoms with Crippen molar-refractivity contribution in [1.29, 1.82) is 0 Å². The van der Waals surface area contributed by atoms with Gasteiger partial charge >= 0.3 is 0 Å². The number of amides is 2. The molecule has 2 amide bonds. The van der Waals surface area contributed by atoms with Gasteiger partial charge in [-0.3, -0.25) is 9.59 Å². The summed E-state index contributed by atoms with van der Waals surface area (Å²) in [5.74, 6) is -0.0993. The molecule has 2 aliphatic rings. The molecule has 3 rings (SSSR count). The minimum absolute atomic E-state index is 0.0415. The average molecular weight is 325 g/mol. The lowest BCUT2D eigenvalue weighted by Gasteiger charge is -2.35. The molecule has 2 N–H and O–H groups in total. The summed E-state index contributed by atoms with van der Waals surface area (Å²) in [5, 5.41) is 0.621. The van der Waals surface area contributed by atoms with Crippen molar-refractivity contribution in [3.8, 4) is 5.75 Å². The van der Waals surface area contributed by atoms with Crippen LogP contribution in [0.4, 0.5) is 0 Å². The predicted molar refractivity (Wildman–Crippen MR) is 79.7 cm³/mol. The van der Waals surface area contributed by atoms with E-state index in [1.807, 2.05) is 12.1 Å². The number of carbonyl (C=O) groups is 2. The van der Waals surface area contributed by atoms with Crippen LogP contribution in [-0.4, -0.2) is 49.1 Å². The number of morpholine rings is 1. The topological polar surface area (TPSA) is 81.9 Å². The van der Waals surface area contributed by atoms with Crippen molar-refractivity contribution in [3.05, 3.63) is 28.8 Å². The molecule has 118 valence electrons. The van der Waals surface area contributed by atoms with E-state index in [1.165, 1.54) is 0 Å². The number of rotatable bonds is 2. The molecule has 1 fully saturated rings. The first-order valence-electron chi connectivity index (χ1n) is 7.15. The first-order valence-corrected chi connectivity index (χ1v) is 7.53. The van der Waals surface area contributed by atoms with E-state index in [2.05, 4.69) is 0 Å². The Morgan fingerprint density at radius 2 is 2.18 bits per heavy atom. The van der Waals surface area contributed by atoms with E-state index >= 15 is 0 Å². The highest BCUT2D eigenvalue weighted by Gasteiger charge is 2.34. The van der Waals surface area contributed by atoms with Gasteiger partial charge in [0.1, 0.15) is 12.4 Å². The highest BCUT2D eigenvalue weighted by atomic mass is 35.5. The standard InChI is InChI=1S/C15H17ClN2O4/c16-11-1-2-12-9(6-11)5-10(8-22-12)15(20)18-3-4-21-13(7-18)14(17)19/h1-2,6,10,13H,3-5,7-8H2,(H2,17,19). The van der Waals surface area contributed by atoms with Gasteiger partial charge in [0.15, 0.2) is 6.10 Å². The molecule has 6 nitrogen and oxygen atoms in total. The van der Waals surface area contributed by atoms with Crippen LogP contribution in [0.5, 0.6) is 5.75 Å². The number of hydrogen-bond donors (Lipinski definition) is 1. The number of nitrogens with two attached hydrogens (primary N) is 1. The predicted octanol–water partition coefficient (Wildman–Crippen LogP) is 0.604. The van der Waals surface area contributed by atoms with Gasteiger partial charge in [-0.1, -0.05) is 11.6 Å². The second kappa shape index (κ2) is 6.14. The van der Waals surface area contributed by atoms with Gasteiger partial charge in [-0.2, -0.15) is 0 Å². The summed E-state index contributed by atoms with van der Waals surface area (Å²) in [5.41, 5.74) is 6.17. The van der Waals surface area contributed by atoms with Crippen LogP contribution in [-0.2, 0) is 20.7 Å². The van der Waals surface area contributed by atoms with Crippen LogP contribution in [0.3, 0.4) is 0 Å². The third-order valence-electron chi connectivity index (χ3n) is 3.97. The third kappa shape index (κ3) is 3.03. The van der Waals surface area contributed by atoms with Gasteiger partial charge in [-0.05, 0) is 30.2 Å². The van der Waals surface area contributed by atoms with E-state index in [-0.39, 0.29) is 18.4 Å². The van der Waals surface area contributed by atoms with Crippen molar-refractivity contribution in [2.75, 3.05) is 26.3 Å². The SMILES string of the molecule is NC(=O)C1CN(C(=O)C2COc3ccc(Cl)cc3C2)CCO1. The smallest absolute Gasteiger partial charge is 0.248 e. The average Bonchev–Trinajstić information content (AvgIpc) is 2.53. The first kappa shape index (κ1) is 15.1. The molecule has 0 radical (unpaired) electrons. The molecule has 0 aromatic heterocycles. The largest absolute Gasteiger partial charge is 0.492 e. The fourth-order valence-electron chi connectivity index (χ4n) is 2.80. The summed E-state index contributed by atoms with van der Waals surface area (Å²) in [6.45, 7) is 1.30. The molecule has 2 aliphatic heterocycles. The number of hydrogen-bond acceptors (Lipinski definition) is 4. The molecule has 7 heteroatoms. The van der Waals surface area contributed by atoms with Crippen LogP contribution in [0, 0.1) is 5.92 Å². The number of ether oxygens (including phenoxy) is 2. The number of nitrogens with zero attached hydrogens (tertiary/aromatic N) is 1. The third-order valence-corrected chi connectivity index (χ3v) is 4.21. The quantitative estimate of drug-likeness (QED) is 0.864. The molecular formula is C15H17ClN2O4. The van der Waals surface area contributed by atoms with Gasteiger partial charge in [0, 0.05) is 11.6 Å². The van der Waals surface area contributed by atoms with Gasteiger partial charge < -0.3 is 20.1 Å². The zero-order valence-electron chi connectivity index (χ0n) is 12.0. The fourth-order valence-corrected chi connectivity index (χ4v) is 3.00. The Bertz CT molecular complexity index is 607. The molecule has 2 atom stereocenters. The van der Waals surface area contributed by atoms with E-state index < -0.39 is 12.0 Å². The summed E-state index contributed by atoms with van der Waals surface area (Å²) < 4.78 is 10.9. The Morgan fingerprint density at radius 3 is 2.95 bits per heavy atom. The first-order chi connectivity index (χ1) is 10.5. The minimum atomic E-state index is -0.732. The summed E-state index contributed by atoms with van der Waals surface area (Å²) in [6, 6.07) is 5.40. The zero-order chi connectivity index (χ0) is 15.7. The van der Waals surface area contributed by atoms with Crippen molar-refractivity contribution in [2.45, 2.75) is 12.5 Å². The van der Waals surface area contributed by atoms with Crippen molar-refractivity contribution >= 4 is 23.4 Å². The summed E-state index contributed by atoms with van der Waals surface area (Å²) in [4.78, 5) is 25.5. The summed E-state index contributed by atoms with van der Waals surface area (Å²) in [7, 11) is 0. The van der Waals surface area contributed by atoms with E-state index in [9.17, 15) is 9.59 Å². The summed E-state index contributed by atoms with van der Waals surface area (Å²) >= 11 is 5.99. The van der Waals surface area contributed by atoms with E-state index in [1.54, 1.807) is 11.0 Å². The monoisotopic (exact) mass is 324 g/mol. The lowest BCUT2D eigenvalue weighted by molar-refractivity contribution is -0.149. The van der Waals surface area contributed by atoms with E-state index in [4.69, 9.17) is 26.8 Å². The van der Waals surface area contributed by atoms with Crippen molar-refractivity contribution < 1.29 is 19.1 Å². The van der Waals surface area contributed by atoms with Gasteiger partial charge in [0.2, 0.25) is 11.8 Å². The molecule has 2 heterocycles. The van der Waals surface area contributed by atoms with Gasteiger partial charge in [0.05, 0.1) is 19.1 Å². The molecule has 0 bridgehead atoms. The summed E-state index contributed by atoms with van der Waals surface area (Å²) in [6.07, 6.45) is -0.156. The molecule has 22 heavy (non-hydrogen) atoms. The number of primary amides is 1. The molecule has 1 aromatic rings. The maximum atomic E-state index is 12.6. The van der Waals surface area contributed by atoms with E-state index in [0.717, 1.165) is 11.3 Å². The Kier molecular flexibility index (Phi) is 4.22. The van der Waals surface area contributed by atoms with Crippen molar-refractivity contribution in [1.82, 2.24) is 4.90 Å². The molecule has 0 spiro atoms. The normalized spacial score (nSPS) is 24.3. The Balaban J connectivity index is 1.69. The molecule has 0 saturated carbocycles. The number of halogens is 1. The maximum absolute atomic E-state index is 12.6. The Labute approximate surface area is 133 Å². The molecule has 2 unspecified atom stereocenters. The van der Waals surface area contributed by atoms with Gasteiger partial charge in [-0.15, -0.1) is 0 Å². The second-order valence-electron chi connectivity index (χ2n) is 5.51. The van der Waals surface area contributed by atoms with Gasteiger partial charge in [0.25, 0.3) is 0 Å². The van der Waals surface area contributed by atoms with Crippen LogP contribution >= 0.6 is 11.6 Å². The fraction of sp³-hybridized carbons (Fsp3) is 0.467. The molecule has 1 saturated heterocycles. The number of fused-ring (bicyclic) bond motifs is 1. The zero-order valence-corrected chi connectivity index (χ0v) is 12.7. The van der Waals surface area contributed by atoms with Crippen LogP contribution < -0.4 is 10.5 Å². The number of benzene rings is 1. The van der Waals surface area contributed by atoms with Crippen LogP contribution in [0.15, 0.2) is 18.2 Å². The Hall–Kier alpha value is -1.79. The molecule has 0 aliphatic carbocycles. The molecular weight excluding hydrogens is 308 g/mol. The lowest BCUT2D eigenvalue weighted by atomic mass is 9.95. The highest BCUT2D eigenvalue weighted by Crippen LogP contribution is 2.30. The lowest BCUT2D eigenvalue weighted by Crippen LogP contribution is -2.53. The number of carbonyl (C=O) groups excluding carboxylic acids is 2. The minimum Gasteiger partial charge on any atom is -0.492 e. The van der Waals surface area contributed by atoms with E-state index in [0.29, 0.717) is 31.2 Å². The van der Waals surface area contributed by atoms with Crippen LogP contribution in [0.2, 0.25) is 5.02 Å². The maximum Gasteiger partial charge on any atom is 0.248 e. The van der Waals surface area contributed by atoms with Crippen molar-refractivity contribution in [3.63, 3.8) is 0 Å². The van der Waals surface area contributed by atoms with Crippen LogP contribution in [0.25, 0.3) is 0 Å². The second-order valence-corrected chi connectivity index (χ2v) is 5.95. The van der Waals surface area contributed by atoms with Crippen LogP contribution in [0.1, 0.15) is 5.56 Å².